The zero-order valence-electron chi connectivity index (χ0n) is 34.9. The first-order chi connectivity index (χ1) is 30.3. The topological polar surface area (TPSA) is 157 Å². The number of pyridine rings is 1. The van der Waals surface area contributed by atoms with Crippen LogP contribution in [0, 0.1) is 12.8 Å². The third kappa shape index (κ3) is 8.02. The van der Waals surface area contributed by atoms with Crippen molar-refractivity contribution in [2.75, 3.05) is 33.3 Å². The number of ether oxygens (including phenoxy) is 3. The minimum atomic E-state index is -3.66. The van der Waals surface area contributed by atoms with Gasteiger partial charge in [0.1, 0.15) is 16.6 Å². The fourth-order valence-corrected chi connectivity index (χ4v) is 11.7. The number of likely N-dealkylation sites (tertiary alicyclic amines) is 2. The lowest BCUT2D eigenvalue weighted by molar-refractivity contribution is -0.122. The molecule has 332 valence electrons. The highest BCUT2D eigenvalue weighted by Gasteiger charge is 2.42. The molecule has 4 atom stereocenters. The number of carbonyl (C=O) groups excluding carboxylic acids is 1. The van der Waals surface area contributed by atoms with Crippen LogP contribution in [0.5, 0.6) is 17.5 Å². The van der Waals surface area contributed by atoms with Crippen molar-refractivity contribution >= 4 is 38.6 Å². The number of aliphatic hydroxyl groups excluding tert-OH is 1. The van der Waals surface area contributed by atoms with E-state index in [4.69, 9.17) is 35.2 Å². The van der Waals surface area contributed by atoms with Crippen molar-refractivity contribution in [1.29, 1.82) is 0 Å². The van der Waals surface area contributed by atoms with Crippen molar-refractivity contribution in [1.82, 2.24) is 24.5 Å². The molecular formula is C46H48ClF2N5O8S. The fraction of sp³-hybridized carbons (Fsp3) is 0.457. The second-order valence-corrected chi connectivity index (χ2v) is 19.8. The van der Waals surface area contributed by atoms with Crippen LogP contribution in [0.4, 0.5) is 8.78 Å². The van der Waals surface area contributed by atoms with E-state index in [1.165, 1.54) is 0 Å². The molecule has 0 unspecified atom stereocenters. The first-order valence-electron chi connectivity index (χ1n) is 21.6. The van der Waals surface area contributed by atoms with Gasteiger partial charge in [0, 0.05) is 48.9 Å². The molecule has 0 spiro atoms. The average Bonchev–Trinajstić information content (AvgIpc) is 3.67. The number of hydrogen-bond acceptors (Lipinski definition) is 12. The van der Waals surface area contributed by atoms with E-state index in [1.807, 2.05) is 43.3 Å². The van der Waals surface area contributed by atoms with E-state index < -0.39 is 33.7 Å². The van der Waals surface area contributed by atoms with Crippen LogP contribution in [0.1, 0.15) is 84.1 Å². The summed E-state index contributed by atoms with van der Waals surface area (Å²) in [6.07, 6.45) is 4.22. The number of rotatable bonds is 13. The van der Waals surface area contributed by atoms with Gasteiger partial charge in [-0.05, 0) is 116 Å². The monoisotopic (exact) mass is 903 g/mol. The Kier molecular flexibility index (Phi) is 11.1. The fourth-order valence-electron chi connectivity index (χ4n) is 10.1. The number of nitrogens with zero attached hydrogens (tertiary/aromatic N) is 4. The molecule has 3 aromatic carbocycles. The zero-order chi connectivity index (χ0) is 43.7. The molecule has 1 amide bonds. The Balaban J connectivity index is 0.914. The maximum atomic E-state index is 14.1. The number of halogens is 3. The van der Waals surface area contributed by atoms with Crippen molar-refractivity contribution in [3.63, 3.8) is 0 Å². The van der Waals surface area contributed by atoms with E-state index in [0.717, 1.165) is 58.3 Å². The summed E-state index contributed by atoms with van der Waals surface area (Å²) in [6, 6.07) is 15.5. The maximum absolute atomic E-state index is 14.1. The number of aliphatic hydroxyl groups is 1. The number of hydrogen-bond donors (Lipinski definition) is 2. The largest absolute Gasteiger partial charge is 0.481 e. The molecular weight excluding hydrogens is 856 g/mol. The molecule has 10 rings (SSSR count). The zero-order valence-corrected chi connectivity index (χ0v) is 36.5. The van der Waals surface area contributed by atoms with Gasteiger partial charge >= 0.3 is 6.61 Å². The molecule has 2 aliphatic heterocycles. The lowest BCUT2D eigenvalue weighted by Gasteiger charge is -2.25. The highest BCUT2D eigenvalue weighted by molar-refractivity contribution is 7.90. The van der Waals surface area contributed by atoms with Crippen LogP contribution in [0.15, 0.2) is 52.9 Å². The first-order valence-corrected chi connectivity index (χ1v) is 23.5. The number of sulfonamides is 1. The molecule has 0 bridgehead atoms. The summed E-state index contributed by atoms with van der Waals surface area (Å²) in [7, 11) is -2.09. The molecule has 2 saturated heterocycles. The molecule has 5 aromatic rings. The number of amides is 1. The van der Waals surface area contributed by atoms with Crippen molar-refractivity contribution in [2.45, 2.75) is 94.9 Å². The standard InChI is InChI=1S/C46H48ClF2N5O8S/c1-24-29(31-7-4-8-33-32(31)12-14-39(33)60-45-36(47)19-26(43(51-45)59-2)21-53-17-16-27(55)23-53)5-3-6-30(24)44-50-37-20-35-34(40(41(37)61-44)62-46(48)49)11-13-38(35)54-18-15-25(22-54)42(56)52-63(57,58)28-9-10-28/h3-8,19-20,25,27-28,38-39,46,55H,9-18,21-23H2,1-2H3,(H,52,56)/t25-,27-,38-,39+/m1/s1. The number of benzene rings is 3. The van der Waals surface area contributed by atoms with Crippen molar-refractivity contribution in [3.8, 4) is 40.1 Å². The van der Waals surface area contributed by atoms with Gasteiger partial charge in [0.15, 0.2) is 11.3 Å². The normalized spacial score (nSPS) is 22.5. The minimum absolute atomic E-state index is 0.0308. The van der Waals surface area contributed by atoms with Crippen molar-refractivity contribution < 1.29 is 45.7 Å². The number of β-amino-alcohol motifs (C(OH)–C–C–N with tert-alkyl or cyclic N) is 1. The van der Waals surface area contributed by atoms with Crippen LogP contribution in [0.3, 0.4) is 0 Å². The maximum Gasteiger partial charge on any atom is 0.387 e. The summed E-state index contributed by atoms with van der Waals surface area (Å²) in [4.78, 5) is 26.8. The minimum Gasteiger partial charge on any atom is -0.481 e. The Morgan fingerprint density at radius 1 is 0.952 bits per heavy atom. The Bertz CT molecular complexity index is 2730. The Morgan fingerprint density at radius 3 is 2.49 bits per heavy atom. The third-order valence-corrected chi connectivity index (χ3v) is 15.5. The Hall–Kier alpha value is -4.87. The van der Waals surface area contributed by atoms with E-state index in [1.54, 1.807) is 7.11 Å². The van der Waals surface area contributed by atoms with Gasteiger partial charge in [0.25, 0.3) is 0 Å². The van der Waals surface area contributed by atoms with Gasteiger partial charge < -0.3 is 23.7 Å². The Morgan fingerprint density at radius 2 is 1.73 bits per heavy atom. The summed E-state index contributed by atoms with van der Waals surface area (Å²) < 4.78 is 79.1. The van der Waals surface area contributed by atoms with Crippen LogP contribution in [-0.2, 0) is 34.2 Å². The van der Waals surface area contributed by atoms with E-state index in [9.17, 15) is 27.1 Å². The molecule has 1 saturated carbocycles. The lowest BCUT2D eigenvalue weighted by atomic mass is 9.91. The van der Waals surface area contributed by atoms with Crippen LogP contribution >= 0.6 is 11.6 Å². The number of methoxy groups -OCH3 is 1. The van der Waals surface area contributed by atoms with Gasteiger partial charge in [0.2, 0.25) is 33.6 Å². The van der Waals surface area contributed by atoms with Gasteiger partial charge in [-0.25, -0.2) is 13.4 Å². The number of alkyl halides is 2. The molecule has 3 aliphatic carbocycles. The number of oxazole rings is 1. The second-order valence-electron chi connectivity index (χ2n) is 17.4. The molecule has 2 aromatic heterocycles. The smallest absolute Gasteiger partial charge is 0.387 e. The predicted molar refractivity (Wildman–Crippen MR) is 230 cm³/mol. The van der Waals surface area contributed by atoms with E-state index in [2.05, 4.69) is 31.6 Å². The number of carbonyl (C=O) groups is 1. The summed E-state index contributed by atoms with van der Waals surface area (Å²) >= 11 is 6.77. The lowest BCUT2D eigenvalue weighted by Crippen LogP contribution is -2.38. The molecule has 5 aliphatic rings. The molecule has 17 heteroatoms. The SMILES string of the molecule is COc1nc(O[C@H]2CCc3c(-c4cccc(-c5nc6cc7c(c(OC(F)F)c6o5)CC[C@H]7N5CC[C@@H](C(=O)NS(=O)(=O)C6CC6)C5)c4C)cccc32)c(Cl)cc1CN1CC[C@@H](O)C1. The number of nitrogens with one attached hydrogen (secondary N) is 1. The van der Waals surface area contributed by atoms with E-state index >= 15 is 0 Å². The van der Waals surface area contributed by atoms with Gasteiger partial charge in [0.05, 0.1) is 24.4 Å². The molecule has 3 fully saturated rings. The van der Waals surface area contributed by atoms with Crippen molar-refractivity contribution in [2.24, 2.45) is 5.92 Å². The highest BCUT2D eigenvalue weighted by atomic mass is 35.5. The average molecular weight is 904 g/mol. The van der Waals surface area contributed by atoms with E-state index in [0.29, 0.717) is 92.3 Å². The molecule has 13 nitrogen and oxygen atoms in total. The van der Waals surface area contributed by atoms with Gasteiger partial charge in [-0.15, -0.1) is 0 Å². The van der Waals surface area contributed by atoms with Gasteiger partial charge in [-0.3, -0.25) is 19.3 Å². The summed E-state index contributed by atoms with van der Waals surface area (Å²) in [6.45, 7) is 1.72. The van der Waals surface area contributed by atoms with E-state index in [-0.39, 0.29) is 41.4 Å². The summed E-state index contributed by atoms with van der Waals surface area (Å²) in [5, 5.41) is 9.88. The highest BCUT2D eigenvalue weighted by Crippen LogP contribution is 2.48. The van der Waals surface area contributed by atoms with Crippen LogP contribution in [-0.4, -0.2) is 90.5 Å². The van der Waals surface area contributed by atoms with Crippen LogP contribution in [0.2, 0.25) is 5.02 Å². The van der Waals surface area contributed by atoms with Gasteiger partial charge in [-0.1, -0.05) is 41.9 Å². The van der Waals surface area contributed by atoms with Crippen LogP contribution < -0.4 is 18.9 Å². The second kappa shape index (κ2) is 16.6. The Labute approximate surface area is 368 Å². The molecule has 0 radical (unpaired) electrons. The number of fused-ring (bicyclic) bond motifs is 3. The summed E-state index contributed by atoms with van der Waals surface area (Å²) in [5.41, 5.74) is 8.51. The van der Waals surface area contributed by atoms with Crippen LogP contribution in [0.25, 0.3) is 33.7 Å². The number of aromatic nitrogens is 2. The molecule has 63 heavy (non-hydrogen) atoms. The quantitative estimate of drug-likeness (QED) is 0.119. The third-order valence-electron chi connectivity index (χ3n) is 13.4. The summed E-state index contributed by atoms with van der Waals surface area (Å²) in [5.74, 6) is -0.0355. The molecule has 2 N–H and O–H groups in total. The van der Waals surface area contributed by atoms with Gasteiger partial charge in [-0.2, -0.15) is 13.8 Å². The first kappa shape index (κ1) is 42.1. The predicted octanol–water partition coefficient (Wildman–Crippen LogP) is 7.68. The molecule has 4 heterocycles. The van der Waals surface area contributed by atoms with Crippen molar-refractivity contribution in [3.05, 3.63) is 86.9 Å².